The number of hydrogen-bond donors (Lipinski definition) is 3. The first-order chi connectivity index (χ1) is 15.7. The Morgan fingerprint density at radius 1 is 1.00 bits per heavy atom. The summed E-state index contributed by atoms with van der Waals surface area (Å²) in [6.45, 7) is 0.466. The lowest BCUT2D eigenvalue weighted by molar-refractivity contribution is -0.122. The maximum atomic E-state index is 12.5. The number of sulfonamides is 1. The molecule has 1 aliphatic rings. The maximum Gasteiger partial charge on any atom is 0.354 e. The van der Waals surface area contributed by atoms with E-state index in [0.29, 0.717) is 25.3 Å². The fraction of sp³-hybridized carbons (Fsp3) is 0.391. The van der Waals surface area contributed by atoms with E-state index in [0.717, 1.165) is 30.7 Å². The summed E-state index contributed by atoms with van der Waals surface area (Å²) in [5.74, 6) is -1.64. The molecule has 3 rings (SSSR count). The van der Waals surface area contributed by atoms with Gasteiger partial charge in [-0.3, -0.25) is 9.59 Å². The van der Waals surface area contributed by atoms with Gasteiger partial charge in [-0.15, -0.1) is 0 Å². The zero-order chi connectivity index (χ0) is 23.8. The Labute approximate surface area is 192 Å². The van der Waals surface area contributed by atoms with Crippen LogP contribution >= 0.6 is 0 Å². The van der Waals surface area contributed by atoms with Gasteiger partial charge in [0.15, 0.2) is 0 Å². The van der Waals surface area contributed by atoms with Crippen LogP contribution in [0.5, 0.6) is 0 Å². The van der Waals surface area contributed by atoms with Crippen LogP contribution < -0.4 is 10.0 Å². The average Bonchev–Trinajstić information content (AvgIpc) is 2.80. The van der Waals surface area contributed by atoms with Crippen LogP contribution in [0.1, 0.15) is 64.9 Å². The van der Waals surface area contributed by atoms with Gasteiger partial charge in [-0.1, -0.05) is 31.4 Å². The monoisotopic (exact) mass is 473 g/mol. The summed E-state index contributed by atoms with van der Waals surface area (Å²) in [5.41, 5.74) is 0.519. The van der Waals surface area contributed by atoms with Crippen molar-refractivity contribution >= 4 is 27.8 Å². The van der Waals surface area contributed by atoms with Gasteiger partial charge < -0.3 is 10.4 Å². The normalized spacial score (nSPS) is 14.4. The molecule has 176 valence electrons. The molecule has 1 aromatic carbocycles. The quantitative estimate of drug-likeness (QED) is 0.508. The molecule has 33 heavy (non-hydrogen) atoms. The molecular weight excluding hydrogens is 446 g/mol. The van der Waals surface area contributed by atoms with E-state index >= 15 is 0 Å². The van der Waals surface area contributed by atoms with Crippen molar-refractivity contribution in [2.45, 2.75) is 49.8 Å². The van der Waals surface area contributed by atoms with E-state index in [2.05, 4.69) is 10.3 Å². The highest BCUT2D eigenvalue weighted by atomic mass is 32.2. The van der Waals surface area contributed by atoms with Gasteiger partial charge in [-0.05, 0) is 55.0 Å². The van der Waals surface area contributed by atoms with Crippen LogP contribution in [0.15, 0.2) is 47.5 Å². The second kappa shape index (κ2) is 11.0. The van der Waals surface area contributed by atoms with Crippen LogP contribution in [-0.4, -0.2) is 42.8 Å². The highest BCUT2D eigenvalue weighted by molar-refractivity contribution is 7.90. The number of pyridine rings is 1. The van der Waals surface area contributed by atoms with Gasteiger partial charge in [0.1, 0.15) is 5.69 Å². The van der Waals surface area contributed by atoms with Crippen molar-refractivity contribution in [1.82, 2.24) is 15.0 Å². The Kier molecular flexibility index (Phi) is 8.16. The summed E-state index contributed by atoms with van der Waals surface area (Å²) in [6, 6.07) is 8.35. The molecular formula is C23H27N3O6S. The van der Waals surface area contributed by atoms with E-state index in [4.69, 9.17) is 5.11 Å². The smallest absolute Gasteiger partial charge is 0.354 e. The Balaban J connectivity index is 1.50. The van der Waals surface area contributed by atoms with E-state index in [1.54, 1.807) is 12.1 Å². The molecule has 2 aromatic rings. The molecule has 0 radical (unpaired) electrons. The largest absolute Gasteiger partial charge is 0.477 e. The summed E-state index contributed by atoms with van der Waals surface area (Å²) in [7, 11) is -4.11. The number of benzene rings is 1. The minimum atomic E-state index is -4.11. The highest BCUT2D eigenvalue weighted by Crippen LogP contribution is 2.26. The predicted octanol–water partition coefficient (Wildman–Crippen LogP) is 2.53. The third kappa shape index (κ3) is 7.11. The molecule has 2 amide bonds. The molecule has 0 spiro atoms. The van der Waals surface area contributed by atoms with Crippen LogP contribution in [0.25, 0.3) is 0 Å². The first-order valence-corrected chi connectivity index (χ1v) is 12.3. The van der Waals surface area contributed by atoms with Crippen molar-refractivity contribution in [1.29, 1.82) is 0 Å². The summed E-state index contributed by atoms with van der Waals surface area (Å²) in [6.07, 6.45) is 8.00. The molecule has 1 aromatic heterocycles. The number of amides is 2. The molecule has 0 unspecified atom stereocenters. The number of rotatable bonds is 9. The maximum absolute atomic E-state index is 12.5. The van der Waals surface area contributed by atoms with Crippen molar-refractivity contribution in [3.05, 3.63) is 59.4 Å². The lowest BCUT2D eigenvalue weighted by Crippen LogP contribution is -2.30. The molecule has 1 fully saturated rings. The second-order valence-electron chi connectivity index (χ2n) is 8.12. The van der Waals surface area contributed by atoms with Crippen molar-refractivity contribution in [2.24, 2.45) is 5.92 Å². The third-order valence-corrected chi connectivity index (χ3v) is 6.99. The van der Waals surface area contributed by atoms with Crippen LogP contribution in [0, 0.1) is 5.92 Å². The molecule has 0 atom stereocenters. The molecule has 0 bridgehead atoms. The third-order valence-electron chi connectivity index (χ3n) is 5.64. The number of aromatic nitrogens is 1. The van der Waals surface area contributed by atoms with Crippen molar-refractivity contribution in [3.8, 4) is 0 Å². The molecule has 0 aliphatic heterocycles. The lowest BCUT2D eigenvalue weighted by atomic mass is 9.87. The average molecular weight is 474 g/mol. The first kappa shape index (κ1) is 24.4. The number of carbonyl (C=O) groups excluding carboxylic acids is 2. The fourth-order valence-electron chi connectivity index (χ4n) is 3.80. The Bertz CT molecular complexity index is 1090. The molecule has 3 N–H and O–H groups in total. The van der Waals surface area contributed by atoms with Gasteiger partial charge in [0, 0.05) is 19.2 Å². The minimum absolute atomic E-state index is 0.0506. The van der Waals surface area contributed by atoms with Crippen molar-refractivity contribution in [2.75, 3.05) is 6.54 Å². The van der Waals surface area contributed by atoms with Crippen molar-refractivity contribution in [3.63, 3.8) is 0 Å². The van der Waals surface area contributed by atoms with E-state index in [-0.39, 0.29) is 22.1 Å². The Morgan fingerprint density at radius 2 is 1.70 bits per heavy atom. The van der Waals surface area contributed by atoms with E-state index in [1.807, 2.05) is 4.72 Å². The van der Waals surface area contributed by atoms with Crippen LogP contribution in [0.2, 0.25) is 0 Å². The standard InChI is InChI=1S/C23H27N3O6S/c27-21(14-17-4-2-1-3-5-17)24-13-12-16-6-9-19(10-7-16)33(31,32)26-22(28)18-8-11-20(23(29)30)25-15-18/h6-11,15,17H,1-5,12-14H2,(H,24,27)(H,26,28)(H,29,30). The van der Waals surface area contributed by atoms with Gasteiger partial charge in [0.05, 0.1) is 10.5 Å². The number of carbonyl (C=O) groups is 3. The number of carboxylic acids is 1. The number of nitrogens with one attached hydrogen (secondary N) is 2. The first-order valence-electron chi connectivity index (χ1n) is 10.9. The highest BCUT2D eigenvalue weighted by Gasteiger charge is 2.20. The number of hydrogen-bond acceptors (Lipinski definition) is 6. The zero-order valence-corrected chi connectivity index (χ0v) is 18.9. The van der Waals surface area contributed by atoms with Crippen LogP contribution in [0.4, 0.5) is 0 Å². The SMILES string of the molecule is O=C(CC1CCCCC1)NCCc1ccc(S(=O)(=O)NC(=O)c2ccc(C(=O)O)nc2)cc1. The van der Waals surface area contributed by atoms with Crippen LogP contribution in [-0.2, 0) is 21.2 Å². The second-order valence-corrected chi connectivity index (χ2v) is 9.81. The summed E-state index contributed by atoms with van der Waals surface area (Å²) < 4.78 is 26.9. The van der Waals surface area contributed by atoms with Gasteiger partial charge in [-0.25, -0.2) is 22.9 Å². The van der Waals surface area contributed by atoms with Gasteiger partial charge in [-0.2, -0.15) is 0 Å². The molecule has 1 saturated carbocycles. The molecule has 10 heteroatoms. The molecule has 1 aliphatic carbocycles. The fourth-order valence-corrected chi connectivity index (χ4v) is 4.78. The number of carboxylic acid groups (broad SMARTS) is 1. The Morgan fingerprint density at radius 3 is 2.30 bits per heavy atom. The summed E-state index contributed by atoms with van der Waals surface area (Å²) >= 11 is 0. The van der Waals surface area contributed by atoms with Crippen LogP contribution in [0.3, 0.4) is 0 Å². The summed E-state index contributed by atoms with van der Waals surface area (Å²) in [5, 5.41) is 11.8. The Hall–Kier alpha value is -3.27. The lowest BCUT2D eigenvalue weighted by Gasteiger charge is -2.20. The van der Waals surface area contributed by atoms with Gasteiger partial charge in [0.25, 0.3) is 15.9 Å². The summed E-state index contributed by atoms with van der Waals surface area (Å²) in [4.78, 5) is 38.6. The van der Waals surface area contributed by atoms with E-state index in [9.17, 15) is 22.8 Å². The van der Waals surface area contributed by atoms with Gasteiger partial charge in [0.2, 0.25) is 5.91 Å². The van der Waals surface area contributed by atoms with E-state index in [1.165, 1.54) is 37.5 Å². The molecule has 1 heterocycles. The number of nitrogens with zero attached hydrogens (tertiary/aromatic N) is 1. The predicted molar refractivity (Wildman–Crippen MR) is 120 cm³/mol. The van der Waals surface area contributed by atoms with Crippen molar-refractivity contribution < 1.29 is 27.9 Å². The minimum Gasteiger partial charge on any atom is -0.477 e. The number of aromatic carboxylic acids is 1. The topological polar surface area (TPSA) is 143 Å². The molecule has 9 nitrogen and oxygen atoms in total. The van der Waals surface area contributed by atoms with Gasteiger partial charge >= 0.3 is 5.97 Å². The van der Waals surface area contributed by atoms with E-state index < -0.39 is 21.9 Å². The zero-order valence-electron chi connectivity index (χ0n) is 18.1. The molecule has 0 saturated heterocycles.